The van der Waals surface area contributed by atoms with E-state index in [1.165, 1.54) is 10.7 Å². The zero-order valence-electron chi connectivity index (χ0n) is 11.7. The molecule has 0 atom stereocenters. The third-order valence-corrected chi connectivity index (χ3v) is 3.06. The lowest BCUT2D eigenvalue weighted by atomic mass is 10.1. The van der Waals surface area contributed by atoms with Crippen LogP contribution in [0, 0.1) is 19.7 Å². The van der Waals surface area contributed by atoms with Crippen molar-refractivity contribution in [1.29, 1.82) is 0 Å². The summed E-state index contributed by atoms with van der Waals surface area (Å²) in [5.74, 6) is 1.26. The summed E-state index contributed by atoms with van der Waals surface area (Å²) >= 11 is 0. The highest BCUT2D eigenvalue weighted by molar-refractivity contribution is 5.63. The predicted octanol–water partition coefficient (Wildman–Crippen LogP) is 2.67. The highest BCUT2D eigenvalue weighted by Crippen LogP contribution is 2.24. The van der Waals surface area contributed by atoms with Crippen LogP contribution in [-0.4, -0.2) is 19.7 Å². The van der Waals surface area contributed by atoms with Crippen LogP contribution in [0.2, 0.25) is 0 Å². The van der Waals surface area contributed by atoms with Gasteiger partial charge in [0.15, 0.2) is 5.82 Å². The largest absolute Gasteiger partial charge is 0.384 e. The minimum absolute atomic E-state index is 0.336. The third-order valence-electron chi connectivity index (χ3n) is 3.06. The van der Waals surface area contributed by atoms with E-state index in [4.69, 9.17) is 5.73 Å². The van der Waals surface area contributed by atoms with Gasteiger partial charge in [-0.05, 0) is 26.0 Å². The summed E-state index contributed by atoms with van der Waals surface area (Å²) in [6.45, 7) is 3.67. The Kier molecular flexibility index (Phi) is 3.13. The van der Waals surface area contributed by atoms with Crippen molar-refractivity contribution in [1.82, 2.24) is 19.7 Å². The average molecular weight is 283 g/mol. The van der Waals surface area contributed by atoms with E-state index in [1.54, 1.807) is 37.3 Å². The first-order valence-electron chi connectivity index (χ1n) is 6.47. The molecule has 0 saturated carbocycles. The molecule has 2 heterocycles. The average Bonchev–Trinajstić information content (AvgIpc) is 2.80. The van der Waals surface area contributed by atoms with E-state index in [9.17, 15) is 4.39 Å². The van der Waals surface area contributed by atoms with E-state index in [1.807, 2.05) is 6.92 Å². The molecule has 0 aliphatic rings. The van der Waals surface area contributed by atoms with E-state index in [0.29, 0.717) is 28.7 Å². The van der Waals surface area contributed by atoms with Gasteiger partial charge >= 0.3 is 0 Å². The van der Waals surface area contributed by atoms with Gasteiger partial charge in [-0.25, -0.2) is 14.4 Å². The molecule has 3 rings (SSSR count). The van der Waals surface area contributed by atoms with Gasteiger partial charge in [0.1, 0.15) is 17.5 Å². The Morgan fingerprint density at radius 1 is 1.10 bits per heavy atom. The van der Waals surface area contributed by atoms with E-state index >= 15 is 0 Å². The molecule has 6 heteroatoms. The van der Waals surface area contributed by atoms with Gasteiger partial charge in [-0.15, -0.1) is 0 Å². The normalized spacial score (nSPS) is 10.8. The van der Waals surface area contributed by atoms with Gasteiger partial charge in [0, 0.05) is 23.4 Å². The van der Waals surface area contributed by atoms with E-state index < -0.39 is 0 Å². The summed E-state index contributed by atoms with van der Waals surface area (Å²) in [4.78, 5) is 8.53. The monoisotopic (exact) mass is 283 g/mol. The number of nitrogens with zero attached hydrogens (tertiary/aromatic N) is 4. The van der Waals surface area contributed by atoms with Crippen molar-refractivity contribution in [3.63, 3.8) is 0 Å². The molecule has 0 fully saturated rings. The summed E-state index contributed by atoms with van der Waals surface area (Å²) < 4.78 is 15.3. The van der Waals surface area contributed by atoms with Gasteiger partial charge in [0.25, 0.3) is 0 Å². The van der Waals surface area contributed by atoms with Crippen molar-refractivity contribution in [2.45, 2.75) is 13.8 Å². The van der Waals surface area contributed by atoms with Crippen LogP contribution in [0.15, 0.2) is 36.4 Å². The highest BCUT2D eigenvalue weighted by atomic mass is 19.1. The van der Waals surface area contributed by atoms with Gasteiger partial charge in [-0.2, -0.15) is 9.78 Å². The molecule has 21 heavy (non-hydrogen) atoms. The molecule has 0 amide bonds. The molecule has 0 bridgehead atoms. The van der Waals surface area contributed by atoms with Crippen molar-refractivity contribution in [3.8, 4) is 17.1 Å². The second kappa shape index (κ2) is 4.97. The SMILES string of the molecule is Cc1cc(-n2nc(-c3ccccc3F)cc2N)nc(C)n1. The number of benzene rings is 1. The fourth-order valence-corrected chi connectivity index (χ4v) is 2.19. The summed E-state index contributed by atoms with van der Waals surface area (Å²) in [5.41, 5.74) is 7.68. The fraction of sp³-hybridized carbons (Fsp3) is 0.133. The summed E-state index contributed by atoms with van der Waals surface area (Å²) in [6.07, 6.45) is 0. The molecule has 0 unspecified atom stereocenters. The first kappa shape index (κ1) is 13.2. The number of nitrogen functional groups attached to an aromatic ring is 1. The molecule has 0 spiro atoms. The standard InChI is InChI=1S/C15H14FN5/c1-9-7-15(19-10(2)18-9)21-14(17)8-13(20-21)11-5-3-4-6-12(11)16/h3-8H,17H2,1-2H3. The Morgan fingerprint density at radius 3 is 2.57 bits per heavy atom. The molecule has 1 aromatic carbocycles. The van der Waals surface area contributed by atoms with Crippen LogP contribution in [-0.2, 0) is 0 Å². The number of aromatic nitrogens is 4. The summed E-state index contributed by atoms with van der Waals surface area (Å²) in [6, 6.07) is 9.86. The number of nitrogens with two attached hydrogens (primary N) is 1. The second-order valence-corrected chi connectivity index (χ2v) is 4.76. The van der Waals surface area contributed by atoms with Crippen LogP contribution in [0.4, 0.5) is 10.2 Å². The third kappa shape index (κ3) is 2.47. The van der Waals surface area contributed by atoms with Crippen LogP contribution >= 0.6 is 0 Å². The number of anilines is 1. The van der Waals surface area contributed by atoms with Crippen molar-refractivity contribution < 1.29 is 4.39 Å². The lowest BCUT2D eigenvalue weighted by Gasteiger charge is -2.05. The first-order chi connectivity index (χ1) is 10.0. The topological polar surface area (TPSA) is 69.6 Å². The van der Waals surface area contributed by atoms with Gasteiger partial charge in [0.2, 0.25) is 0 Å². The summed E-state index contributed by atoms with van der Waals surface area (Å²) in [7, 11) is 0. The van der Waals surface area contributed by atoms with Crippen LogP contribution in [0.5, 0.6) is 0 Å². The number of halogens is 1. The van der Waals surface area contributed by atoms with E-state index in [0.717, 1.165) is 5.69 Å². The smallest absolute Gasteiger partial charge is 0.159 e. The highest BCUT2D eigenvalue weighted by Gasteiger charge is 2.13. The Morgan fingerprint density at radius 2 is 1.86 bits per heavy atom. The Hall–Kier alpha value is -2.76. The molecule has 0 saturated heterocycles. The maximum Gasteiger partial charge on any atom is 0.159 e. The molecule has 2 aromatic heterocycles. The van der Waals surface area contributed by atoms with Crippen molar-refractivity contribution >= 4 is 5.82 Å². The van der Waals surface area contributed by atoms with Crippen LogP contribution in [0.25, 0.3) is 17.1 Å². The zero-order valence-corrected chi connectivity index (χ0v) is 11.7. The maximum absolute atomic E-state index is 13.8. The zero-order chi connectivity index (χ0) is 15.0. The van der Waals surface area contributed by atoms with Gasteiger partial charge in [0.05, 0.1) is 5.69 Å². The molecule has 3 aromatic rings. The van der Waals surface area contributed by atoms with E-state index in [2.05, 4.69) is 15.1 Å². The van der Waals surface area contributed by atoms with Crippen molar-refractivity contribution in [2.24, 2.45) is 0 Å². The minimum Gasteiger partial charge on any atom is -0.384 e. The molecule has 0 aliphatic heterocycles. The molecule has 2 N–H and O–H groups in total. The maximum atomic E-state index is 13.8. The molecule has 106 valence electrons. The molecule has 0 radical (unpaired) electrons. The quantitative estimate of drug-likeness (QED) is 0.785. The van der Waals surface area contributed by atoms with Crippen molar-refractivity contribution in [3.05, 3.63) is 53.7 Å². The number of hydrogen-bond acceptors (Lipinski definition) is 4. The predicted molar refractivity (Wildman–Crippen MR) is 78.4 cm³/mol. The first-order valence-corrected chi connectivity index (χ1v) is 6.47. The number of hydrogen-bond donors (Lipinski definition) is 1. The molecular weight excluding hydrogens is 269 g/mol. The van der Waals surface area contributed by atoms with Crippen molar-refractivity contribution in [2.75, 3.05) is 5.73 Å². The van der Waals surface area contributed by atoms with E-state index in [-0.39, 0.29) is 5.82 Å². The Balaban J connectivity index is 2.12. The van der Waals surface area contributed by atoms with Crippen LogP contribution in [0.3, 0.4) is 0 Å². The number of rotatable bonds is 2. The Bertz CT molecular complexity index is 789. The van der Waals surface area contributed by atoms with Crippen LogP contribution in [0.1, 0.15) is 11.5 Å². The number of aryl methyl sites for hydroxylation is 2. The second-order valence-electron chi connectivity index (χ2n) is 4.76. The van der Waals surface area contributed by atoms with Gasteiger partial charge in [-0.3, -0.25) is 0 Å². The van der Waals surface area contributed by atoms with Gasteiger partial charge in [-0.1, -0.05) is 12.1 Å². The van der Waals surface area contributed by atoms with Gasteiger partial charge < -0.3 is 5.73 Å². The Labute approximate surface area is 121 Å². The molecule has 5 nitrogen and oxygen atoms in total. The molecular formula is C15H14FN5. The fourth-order valence-electron chi connectivity index (χ4n) is 2.19. The lowest BCUT2D eigenvalue weighted by molar-refractivity contribution is 0.630. The van der Waals surface area contributed by atoms with Crippen LogP contribution < -0.4 is 5.73 Å². The minimum atomic E-state index is -0.336. The lowest BCUT2D eigenvalue weighted by Crippen LogP contribution is -2.06. The summed E-state index contributed by atoms with van der Waals surface area (Å²) in [5, 5.41) is 4.35. The molecule has 0 aliphatic carbocycles.